The molecule has 2 saturated heterocycles. The third-order valence-electron chi connectivity index (χ3n) is 6.11. The number of hydrogen-bond acceptors (Lipinski definition) is 5. The molecule has 0 saturated carbocycles. The van der Waals surface area contributed by atoms with Crippen LogP contribution in [-0.2, 0) is 14.3 Å². The zero-order valence-corrected chi connectivity index (χ0v) is 22.1. The Hall–Kier alpha value is -1.90. The largest absolute Gasteiger partial charge is 0.763 e. The van der Waals surface area contributed by atoms with Crippen LogP contribution in [0.25, 0.3) is 5.41 Å². The highest BCUT2D eigenvalue weighted by molar-refractivity contribution is 7.80. The third-order valence-corrected chi connectivity index (χ3v) is 6.68. The van der Waals surface area contributed by atoms with Gasteiger partial charge in [0.1, 0.15) is 4.99 Å². The van der Waals surface area contributed by atoms with Crippen molar-refractivity contribution >= 4 is 40.5 Å². The predicted molar refractivity (Wildman–Crippen MR) is 143 cm³/mol. The molecule has 7 nitrogen and oxygen atoms in total. The molecule has 9 heteroatoms. The van der Waals surface area contributed by atoms with Gasteiger partial charge in [0, 0.05) is 47.3 Å². The number of rotatable bonds is 1. The summed E-state index contributed by atoms with van der Waals surface area (Å²) in [6.45, 7) is 12.2. The van der Waals surface area contributed by atoms with Crippen molar-refractivity contribution in [2.24, 2.45) is 5.41 Å². The normalized spacial score (nSPS) is 23.5. The smallest absolute Gasteiger partial charge is 0.162 e. The summed E-state index contributed by atoms with van der Waals surface area (Å²) in [4.78, 5) is 13.2. The van der Waals surface area contributed by atoms with Gasteiger partial charge >= 0.3 is 0 Å². The minimum Gasteiger partial charge on any atom is -0.763 e. The minimum atomic E-state index is -0.399. The van der Waals surface area contributed by atoms with E-state index in [2.05, 4.69) is 35.7 Å². The number of nitrogens with two attached hydrogens (primary N) is 1. The number of allylic oxidation sites excluding steroid dienone is 2. The second-order valence-corrected chi connectivity index (χ2v) is 10.5. The first-order chi connectivity index (χ1) is 16.8. The van der Waals surface area contributed by atoms with Gasteiger partial charge in [0.15, 0.2) is 5.78 Å². The highest BCUT2D eigenvalue weighted by Crippen LogP contribution is 2.45. The van der Waals surface area contributed by atoms with Crippen LogP contribution in [0.3, 0.4) is 0 Å². The van der Waals surface area contributed by atoms with Crippen LogP contribution in [0.15, 0.2) is 41.1 Å². The molecule has 1 aliphatic carbocycles. The standard InChI is InChI=1S/C18H16ClN2OS.2C4H9NO/c1-18(2)7-13-16(14(22)8-18)15(12(9-20)17(23)21-13)10-3-5-11(19)6-4-10;2*1-3-6-4-2-5-1/h3-6,15H,7-8H2,1-2H3,(H,21,23);2*5H,1-4H2/q-1;;/p+1. The van der Waals surface area contributed by atoms with Gasteiger partial charge in [0.2, 0.25) is 0 Å². The summed E-state index contributed by atoms with van der Waals surface area (Å²) in [5.74, 6) is 1.87. The number of nitrogens with one attached hydrogen (secondary N) is 2. The van der Waals surface area contributed by atoms with Crippen LogP contribution in [0, 0.1) is 5.41 Å². The van der Waals surface area contributed by atoms with E-state index in [4.69, 9.17) is 33.3 Å². The van der Waals surface area contributed by atoms with Crippen LogP contribution in [0.2, 0.25) is 5.02 Å². The molecular weight excluding hydrogens is 484 g/mol. The molecule has 4 aliphatic rings. The molecule has 0 amide bonds. The number of quaternary nitrogens is 1. The number of carbonyl (C=O) groups excluding carboxylic acids is 1. The van der Waals surface area contributed by atoms with Gasteiger partial charge in [-0.15, -0.1) is 0 Å². The molecule has 3 aliphatic heterocycles. The Morgan fingerprint density at radius 2 is 1.71 bits per heavy atom. The fraction of sp³-hybridized carbons (Fsp3) is 0.538. The number of ether oxygens (including phenoxy) is 2. The lowest BCUT2D eigenvalue weighted by molar-refractivity contribution is -0.670. The second-order valence-electron chi connectivity index (χ2n) is 9.64. The number of hydrogen-bond donors (Lipinski definition) is 3. The molecule has 0 spiro atoms. The first-order valence-electron chi connectivity index (χ1n) is 12.1. The average Bonchev–Trinajstić information content (AvgIpc) is 2.86. The molecule has 1 atom stereocenters. The Bertz CT molecular complexity index is 944. The fourth-order valence-electron chi connectivity index (χ4n) is 4.46. The summed E-state index contributed by atoms with van der Waals surface area (Å²) in [5.41, 5.74) is 2.73. The predicted octanol–water partition coefficient (Wildman–Crippen LogP) is 2.35. The summed E-state index contributed by atoms with van der Waals surface area (Å²) < 4.78 is 10.0. The molecule has 4 N–H and O–H groups in total. The second kappa shape index (κ2) is 13.4. The Morgan fingerprint density at radius 3 is 2.17 bits per heavy atom. The third kappa shape index (κ3) is 8.05. The van der Waals surface area contributed by atoms with E-state index in [0.29, 0.717) is 27.6 Å². The molecule has 3 heterocycles. The van der Waals surface area contributed by atoms with Crippen LogP contribution in [0.4, 0.5) is 0 Å². The van der Waals surface area contributed by atoms with Crippen molar-refractivity contribution in [2.45, 2.75) is 32.6 Å². The maximum Gasteiger partial charge on any atom is 0.162 e. The number of thiocarbonyl (C=S) groups is 1. The maximum atomic E-state index is 12.8. The van der Waals surface area contributed by atoms with E-state index in [0.717, 1.165) is 70.3 Å². The molecule has 2 fully saturated rings. The van der Waals surface area contributed by atoms with E-state index in [-0.39, 0.29) is 11.2 Å². The van der Waals surface area contributed by atoms with Gasteiger partial charge < -0.3 is 30.8 Å². The highest BCUT2D eigenvalue weighted by Gasteiger charge is 2.41. The summed E-state index contributed by atoms with van der Waals surface area (Å²) in [6, 6.07) is 7.26. The van der Waals surface area contributed by atoms with Gasteiger partial charge in [-0.2, -0.15) is 0 Å². The molecule has 1 unspecified atom stereocenters. The fourth-order valence-corrected chi connectivity index (χ4v) is 4.87. The average molecular weight is 519 g/mol. The van der Waals surface area contributed by atoms with E-state index < -0.39 is 5.92 Å². The van der Waals surface area contributed by atoms with Gasteiger partial charge in [-0.05, 0) is 29.5 Å². The van der Waals surface area contributed by atoms with Crippen molar-refractivity contribution in [1.29, 1.82) is 0 Å². The molecule has 0 bridgehead atoms. The van der Waals surface area contributed by atoms with Crippen LogP contribution in [0.1, 0.15) is 38.2 Å². The Balaban J connectivity index is 0.000000231. The van der Waals surface area contributed by atoms with Gasteiger partial charge in [-0.3, -0.25) is 10.7 Å². The molecule has 0 aromatic heterocycles. The van der Waals surface area contributed by atoms with Crippen molar-refractivity contribution in [3.05, 3.63) is 57.1 Å². The van der Waals surface area contributed by atoms with Crippen molar-refractivity contribution in [1.82, 2.24) is 10.6 Å². The van der Waals surface area contributed by atoms with Crippen molar-refractivity contribution in [3.8, 4) is 0 Å². The summed E-state index contributed by atoms with van der Waals surface area (Å²) in [5, 5.41) is 18.7. The molecular formula is C26H35ClN4O3S. The van der Waals surface area contributed by atoms with Gasteiger partial charge in [-0.25, -0.2) is 0 Å². The van der Waals surface area contributed by atoms with Gasteiger partial charge in [0.25, 0.3) is 0 Å². The summed E-state index contributed by atoms with van der Waals surface area (Å²) in [7, 11) is 0. The van der Waals surface area contributed by atoms with Gasteiger partial charge in [0.05, 0.1) is 39.5 Å². The lowest BCUT2D eigenvalue weighted by Crippen LogP contribution is -2.87. The lowest BCUT2D eigenvalue weighted by Gasteiger charge is -2.39. The van der Waals surface area contributed by atoms with E-state index in [1.165, 1.54) is 0 Å². The van der Waals surface area contributed by atoms with Crippen LogP contribution in [-0.4, -0.2) is 69.2 Å². The number of halogens is 1. The zero-order chi connectivity index (χ0) is 25.3. The number of nitrogens with zero attached hydrogens (tertiary/aromatic N) is 1. The lowest BCUT2D eigenvalue weighted by atomic mass is 9.69. The Labute approximate surface area is 218 Å². The van der Waals surface area contributed by atoms with Crippen molar-refractivity contribution < 1.29 is 19.6 Å². The Kier molecular flexibility index (Phi) is 10.6. The number of benzene rings is 1. The quantitative estimate of drug-likeness (QED) is 0.300. The van der Waals surface area contributed by atoms with E-state index in [1.54, 1.807) is 12.1 Å². The number of morpholine rings is 2. The van der Waals surface area contributed by atoms with Crippen molar-refractivity contribution in [3.63, 3.8) is 0 Å². The topological polar surface area (TPSA) is 98.5 Å². The molecule has 5 rings (SSSR count). The molecule has 1 aromatic carbocycles. The van der Waals surface area contributed by atoms with E-state index in [1.807, 2.05) is 12.1 Å². The SMILES string of the molecule is C1COCCN1.C1COCC[NH2+]1.CC1(C)CC(=O)C2=C(C1)NC(=S)C(=C=[N-])C2c1ccc(Cl)cc1. The summed E-state index contributed by atoms with van der Waals surface area (Å²) >= 11 is 11.3. The number of carbonyl (C=O) groups is 1. The van der Waals surface area contributed by atoms with Crippen LogP contribution in [0.5, 0.6) is 0 Å². The number of ketones is 1. The summed E-state index contributed by atoms with van der Waals surface area (Å²) in [6.07, 6.45) is 1.22. The molecule has 35 heavy (non-hydrogen) atoms. The van der Waals surface area contributed by atoms with E-state index in [9.17, 15) is 10.2 Å². The van der Waals surface area contributed by atoms with E-state index >= 15 is 0 Å². The maximum absolute atomic E-state index is 12.8. The highest BCUT2D eigenvalue weighted by atomic mass is 35.5. The molecule has 190 valence electrons. The zero-order valence-electron chi connectivity index (χ0n) is 20.5. The van der Waals surface area contributed by atoms with Gasteiger partial charge in [-0.1, -0.05) is 49.8 Å². The Morgan fingerprint density at radius 1 is 1.09 bits per heavy atom. The minimum absolute atomic E-state index is 0.0824. The van der Waals surface area contributed by atoms with Crippen LogP contribution >= 0.6 is 23.8 Å². The molecule has 0 radical (unpaired) electrons. The monoisotopic (exact) mass is 518 g/mol. The van der Waals surface area contributed by atoms with Crippen LogP contribution < -0.4 is 16.0 Å². The van der Waals surface area contributed by atoms with Crippen molar-refractivity contribution in [2.75, 3.05) is 52.6 Å². The number of Topliss-reactive ketones (excluding diaryl/α,β-unsaturated/α-hetero) is 1. The first-order valence-corrected chi connectivity index (χ1v) is 12.9. The first kappa shape index (κ1) is 27.7. The molecule has 1 aromatic rings.